The van der Waals surface area contributed by atoms with Crippen LogP contribution < -0.4 is 11.1 Å². The van der Waals surface area contributed by atoms with Gasteiger partial charge >= 0.3 is 0 Å². The first-order valence-electron chi connectivity index (χ1n) is 6.11. The normalized spacial score (nSPS) is 15.7. The lowest BCUT2D eigenvalue weighted by Crippen LogP contribution is -2.46. The monoisotopic (exact) mass is 232 g/mol. The molecule has 0 spiro atoms. The molecular formula is C14H20N2O. The van der Waals surface area contributed by atoms with E-state index in [9.17, 15) is 4.79 Å². The highest BCUT2D eigenvalue weighted by Gasteiger charge is 2.30. The molecule has 0 aromatic heterocycles. The molecule has 0 aliphatic heterocycles. The predicted octanol–water partition coefficient (Wildman–Crippen LogP) is 1.25. The summed E-state index contributed by atoms with van der Waals surface area (Å²) < 4.78 is 0. The van der Waals surface area contributed by atoms with Crippen LogP contribution in [0.25, 0.3) is 0 Å². The van der Waals surface area contributed by atoms with Crippen LogP contribution in [0.3, 0.4) is 0 Å². The number of carbonyl (C=O) groups is 1. The molecule has 0 saturated heterocycles. The maximum Gasteiger partial charge on any atom is 0.227 e. The lowest BCUT2D eigenvalue weighted by atomic mass is 9.92. The van der Waals surface area contributed by atoms with E-state index < -0.39 is 5.41 Å². The van der Waals surface area contributed by atoms with Gasteiger partial charge in [-0.3, -0.25) is 4.79 Å². The van der Waals surface area contributed by atoms with E-state index in [1.165, 1.54) is 11.1 Å². The molecule has 17 heavy (non-hydrogen) atoms. The Morgan fingerprint density at radius 3 is 2.35 bits per heavy atom. The molecule has 2 rings (SSSR count). The van der Waals surface area contributed by atoms with E-state index >= 15 is 0 Å². The third kappa shape index (κ3) is 2.50. The summed E-state index contributed by atoms with van der Waals surface area (Å²) >= 11 is 0. The zero-order valence-electron chi connectivity index (χ0n) is 10.5. The van der Waals surface area contributed by atoms with Crippen molar-refractivity contribution in [1.82, 2.24) is 5.32 Å². The molecule has 0 bridgehead atoms. The highest BCUT2D eigenvalue weighted by Crippen LogP contribution is 2.23. The molecule has 1 aliphatic rings. The van der Waals surface area contributed by atoms with Gasteiger partial charge in [-0.05, 0) is 37.8 Å². The smallest absolute Gasteiger partial charge is 0.227 e. The summed E-state index contributed by atoms with van der Waals surface area (Å²) in [6.07, 6.45) is 1.87. The summed E-state index contributed by atoms with van der Waals surface area (Å²) in [5, 5.41) is 3.10. The van der Waals surface area contributed by atoms with Crippen LogP contribution in [0.1, 0.15) is 25.0 Å². The lowest BCUT2D eigenvalue weighted by Gasteiger charge is -2.24. The van der Waals surface area contributed by atoms with Gasteiger partial charge in [0, 0.05) is 12.6 Å². The molecule has 1 aliphatic carbocycles. The van der Waals surface area contributed by atoms with Gasteiger partial charge in [-0.15, -0.1) is 0 Å². The van der Waals surface area contributed by atoms with Crippen molar-refractivity contribution in [3.63, 3.8) is 0 Å². The molecule has 0 atom stereocenters. The van der Waals surface area contributed by atoms with E-state index in [-0.39, 0.29) is 11.9 Å². The molecule has 0 fully saturated rings. The van der Waals surface area contributed by atoms with Crippen LogP contribution in [0.15, 0.2) is 24.3 Å². The number of amides is 1. The van der Waals surface area contributed by atoms with Crippen molar-refractivity contribution in [1.29, 1.82) is 0 Å². The second kappa shape index (κ2) is 4.49. The largest absolute Gasteiger partial charge is 0.352 e. The number of benzene rings is 1. The summed E-state index contributed by atoms with van der Waals surface area (Å²) in [7, 11) is 0. The van der Waals surface area contributed by atoms with Crippen molar-refractivity contribution < 1.29 is 4.79 Å². The molecule has 1 aromatic rings. The Morgan fingerprint density at radius 1 is 1.35 bits per heavy atom. The van der Waals surface area contributed by atoms with E-state index in [1.54, 1.807) is 0 Å². The number of carbonyl (C=O) groups excluding carboxylic acids is 1. The fraction of sp³-hybridized carbons (Fsp3) is 0.500. The van der Waals surface area contributed by atoms with Gasteiger partial charge in [-0.1, -0.05) is 24.3 Å². The van der Waals surface area contributed by atoms with Crippen molar-refractivity contribution in [2.24, 2.45) is 11.1 Å². The topological polar surface area (TPSA) is 55.1 Å². The van der Waals surface area contributed by atoms with E-state index in [2.05, 4.69) is 17.4 Å². The standard InChI is InChI=1S/C14H20N2O/c1-14(2,9-15)13(17)16-12-7-10-5-3-4-6-11(10)8-12/h3-6,12H,7-9,15H2,1-2H3,(H,16,17). The van der Waals surface area contributed by atoms with Crippen LogP contribution in [0.4, 0.5) is 0 Å². The quantitative estimate of drug-likeness (QED) is 0.824. The number of nitrogens with two attached hydrogens (primary N) is 1. The summed E-state index contributed by atoms with van der Waals surface area (Å²) in [5.41, 5.74) is 7.83. The average Bonchev–Trinajstić information content (AvgIpc) is 2.70. The second-order valence-electron chi connectivity index (χ2n) is 5.44. The van der Waals surface area contributed by atoms with Crippen molar-refractivity contribution in [2.75, 3.05) is 6.54 Å². The molecule has 92 valence electrons. The maximum absolute atomic E-state index is 12.0. The summed E-state index contributed by atoms with van der Waals surface area (Å²) in [4.78, 5) is 12.0. The van der Waals surface area contributed by atoms with Gasteiger partial charge in [-0.2, -0.15) is 0 Å². The van der Waals surface area contributed by atoms with Crippen LogP contribution in [0, 0.1) is 5.41 Å². The van der Waals surface area contributed by atoms with Gasteiger partial charge in [0.05, 0.1) is 5.41 Å². The first kappa shape index (κ1) is 12.1. The zero-order chi connectivity index (χ0) is 12.5. The van der Waals surface area contributed by atoms with Crippen molar-refractivity contribution >= 4 is 5.91 Å². The molecule has 0 unspecified atom stereocenters. The van der Waals surface area contributed by atoms with Gasteiger partial charge in [-0.25, -0.2) is 0 Å². The highest BCUT2D eigenvalue weighted by molar-refractivity contribution is 5.82. The van der Waals surface area contributed by atoms with E-state index in [0.29, 0.717) is 6.54 Å². The summed E-state index contributed by atoms with van der Waals surface area (Å²) in [6.45, 7) is 4.13. The number of hydrogen-bond donors (Lipinski definition) is 2. The fourth-order valence-electron chi connectivity index (χ4n) is 2.13. The van der Waals surface area contributed by atoms with E-state index in [4.69, 9.17) is 5.73 Å². The number of fused-ring (bicyclic) bond motifs is 1. The van der Waals surface area contributed by atoms with E-state index in [0.717, 1.165) is 12.8 Å². The van der Waals surface area contributed by atoms with Gasteiger partial charge in [0.2, 0.25) is 5.91 Å². The number of nitrogens with one attached hydrogen (secondary N) is 1. The van der Waals surface area contributed by atoms with Gasteiger partial charge < -0.3 is 11.1 Å². The average molecular weight is 232 g/mol. The minimum absolute atomic E-state index is 0.0535. The predicted molar refractivity (Wildman–Crippen MR) is 68.6 cm³/mol. The molecule has 0 radical (unpaired) electrons. The fourth-order valence-corrected chi connectivity index (χ4v) is 2.13. The Balaban J connectivity index is 1.99. The Bertz CT molecular complexity index is 401. The maximum atomic E-state index is 12.0. The Hall–Kier alpha value is -1.35. The minimum atomic E-state index is -0.477. The molecule has 0 heterocycles. The molecule has 3 N–H and O–H groups in total. The number of hydrogen-bond acceptors (Lipinski definition) is 2. The summed E-state index contributed by atoms with van der Waals surface area (Å²) in [5.74, 6) is 0.0535. The first-order chi connectivity index (χ1) is 8.03. The molecule has 3 nitrogen and oxygen atoms in total. The second-order valence-corrected chi connectivity index (χ2v) is 5.44. The molecule has 1 amide bonds. The van der Waals surface area contributed by atoms with Crippen LogP contribution in [-0.2, 0) is 17.6 Å². The first-order valence-corrected chi connectivity index (χ1v) is 6.11. The van der Waals surface area contributed by atoms with Crippen LogP contribution in [0.2, 0.25) is 0 Å². The van der Waals surface area contributed by atoms with Gasteiger partial charge in [0.15, 0.2) is 0 Å². The van der Waals surface area contributed by atoms with Crippen molar-refractivity contribution in [3.05, 3.63) is 35.4 Å². The van der Waals surface area contributed by atoms with Crippen molar-refractivity contribution in [2.45, 2.75) is 32.7 Å². The molecular weight excluding hydrogens is 212 g/mol. The Morgan fingerprint density at radius 2 is 1.88 bits per heavy atom. The molecule has 0 saturated carbocycles. The lowest BCUT2D eigenvalue weighted by molar-refractivity contribution is -0.129. The van der Waals surface area contributed by atoms with E-state index in [1.807, 2.05) is 26.0 Å². The van der Waals surface area contributed by atoms with Gasteiger partial charge in [0.25, 0.3) is 0 Å². The SMILES string of the molecule is CC(C)(CN)C(=O)NC1Cc2ccccc2C1. The minimum Gasteiger partial charge on any atom is -0.352 e. The highest BCUT2D eigenvalue weighted by atomic mass is 16.2. The molecule has 1 aromatic carbocycles. The summed E-state index contributed by atoms with van der Waals surface area (Å²) in [6, 6.07) is 8.59. The van der Waals surface area contributed by atoms with Crippen LogP contribution in [-0.4, -0.2) is 18.5 Å². The number of rotatable bonds is 3. The third-order valence-corrected chi connectivity index (χ3v) is 3.51. The van der Waals surface area contributed by atoms with Crippen LogP contribution >= 0.6 is 0 Å². The Labute approximate surface area is 102 Å². The van der Waals surface area contributed by atoms with Gasteiger partial charge in [0.1, 0.15) is 0 Å². The zero-order valence-corrected chi connectivity index (χ0v) is 10.5. The Kier molecular flexibility index (Phi) is 3.20. The third-order valence-electron chi connectivity index (χ3n) is 3.51. The van der Waals surface area contributed by atoms with Crippen molar-refractivity contribution in [3.8, 4) is 0 Å². The molecule has 3 heteroatoms. The van der Waals surface area contributed by atoms with Crippen LogP contribution in [0.5, 0.6) is 0 Å².